The van der Waals surface area contributed by atoms with Crippen LogP contribution in [0.15, 0.2) is 24.3 Å². The summed E-state index contributed by atoms with van der Waals surface area (Å²) in [5.74, 6) is 0. The van der Waals surface area contributed by atoms with Crippen molar-refractivity contribution in [2.24, 2.45) is 0 Å². The summed E-state index contributed by atoms with van der Waals surface area (Å²) >= 11 is 0. The Kier molecular flexibility index (Phi) is 5.62. The molecule has 1 aromatic rings. The minimum Gasteiger partial charge on any atom is -0.331 e. The van der Waals surface area contributed by atoms with Gasteiger partial charge in [0.15, 0.2) is 0 Å². The topological polar surface area (TPSA) is 69.7 Å². The molecule has 140 valence electrons. The highest BCUT2D eigenvalue weighted by atomic mass is 32.2. The molecule has 1 aliphatic rings. The number of nitrogens with zero attached hydrogens (tertiary/aromatic N) is 2. The normalized spacial score (nSPS) is 18.0. The van der Waals surface area contributed by atoms with E-state index in [4.69, 9.17) is 0 Å². The van der Waals surface area contributed by atoms with Crippen LogP contribution in [0.2, 0.25) is 0 Å². The molecule has 1 N–H and O–H groups in total. The fourth-order valence-electron chi connectivity index (χ4n) is 2.57. The molecule has 0 bridgehead atoms. The van der Waals surface area contributed by atoms with Crippen LogP contribution in [0.1, 0.15) is 24.1 Å². The second-order valence-corrected chi connectivity index (χ2v) is 7.93. The maximum Gasteiger partial charge on any atom is 0.416 e. The molecule has 0 radical (unpaired) electrons. The first-order valence-corrected chi connectivity index (χ1v) is 9.51. The Bertz CT molecular complexity index is 729. The standard InChI is InChI=1S/C15H20F3N3O3S/c1-11(12-4-3-5-13(10-12)15(16,17)18)19-14(22)20-6-8-21(9-7-20)25(2,23)24/h3-5,10-11H,6-9H2,1-2H3,(H,19,22). The Morgan fingerprint density at radius 3 is 2.32 bits per heavy atom. The molecule has 0 aromatic heterocycles. The zero-order chi connectivity index (χ0) is 18.8. The third-order valence-corrected chi connectivity index (χ3v) is 5.35. The molecular weight excluding hydrogens is 359 g/mol. The van der Waals surface area contributed by atoms with E-state index >= 15 is 0 Å². The SMILES string of the molecule is CC(NC(=O)N1CCN(S(C)(=O)=O)CC1)c1cccc(C(F)(F)F)c1. The van der Waals surface area contributed by atoms with E-state index in [9.17, 15) is 26.4 Å². The number of benzene rings is 1. The lowest BCUT2D eigenvalue weighted by Crippen LogP contribution is -2.53. The predicted molar refractivity (Wildman–Crippen MR) is 86.4 cm³/mol. The van der Waals surface area contributed by atoms with Gasteiger partial charge in [-0.05, 0) is 24.6 Å². The first-order valence-electron chi connectivity index (χ1n) is 7.66. The third kappa shape index (κ3) is 5.08. The lowest BCUT2D eigenvalue weighted by Gasteiger charge is -2.34. The van der Waals surface area contributed by atoms with Crippen LogP contribution in [0.5, 0.6) is 0 Å². The van der Waals surface area contributed by atoms with Crippen molar-refractivity contribution < 1.29 is 26.4 Å². The molecular formula is C15H20F3N3O3S. The van der Waals surface area contributed by atoms with E-state index in [0.29, 0.717) is 5.56 Å². The Labute approximate surface area is 144 Å². The zero-order valence-corrected chi connectivity index (χ0v) is 14.7. The highest BCUT2D eigenvalue weighted by Gasteiger charge is 2.31. The van der Waals surface area contributed by atoms with Gasteiger partial charge in [0.2, 0.25) is 10.0 Å². The predicted octanol–water partition coefficient (Wildman–Crippen LogP) is 2.05. The van der Waals surface area contributed by atoms with Crippen LogP contribution in [0.25, 0.3) is 0 Å². The van der Waals surface area contributed by atoms with Gasteiger partial charge in [0.25, 0.3) is 0 Å². The molecule has 25 heavy (non-hydrogen) atoms. The number of alkyl halides is 3. The molecule has 1 saturated heterocycles. The van der Waals surface area contributed by atoms with E-state index in [2.05, 4.69) is 5.32 Å². The number of nitrogens with one attached hydrogen (secondary N) is 1. The maximum atomic E-state index is 12.8. The lowest BCUT2D eigenvalue weighted by molar-refractivity contribution is -0.137. The number of carbonyl (C=O) groups is 1. The van der Waals surface area contributed by atoms with E-state index in [1.807, 2.05) is 0 Å². The molecule has 1 atom stereocenters. The van der Waals surface area contributed by atoms with Crippen LogP contribution >= 0.6 is 0 Å². The van der Waals surface area contributed by atoms with Gasteiger partial charge in [0.1, 0.15) is 0 Å². The third-order valence-electron chi connectivity index (χ3n) is 4.05. The fraction of sp³-hybridized carbons (Fsp3) is 0.533. The molecule has 1 unspecified atom stereocenters. The van der Waals surface area contributed by atoms with Gasteiger partial charge in [0.05, 0.1) is 17.9 Å². The van der Waals surface area contributed by atoms with Crippen LogP contribution in [0.4, 0.5) is 18.0 Å². The van der Waals surface area contributed by atoms with Crippen molar-refractivity contribution in [3.63, 3.8) is 0 Å². The Morgan fingerprint density at radius 1 is 1.20 bits per heavy atom. The van der Waals surface area contributed by atoms with E-state index in [1.165, 1.54) is 21.3 Å². The van der Waals surface area contributed by atoms with Crippen molar-refractivity contribution in [2.75, 3.05) is 32.4 Å². The monoisotopic (exact) mass is 379 g/mol. The second-order valence-electron chi connectivity index (χ2n) is 5.94. The van der Waals surface area contributed by atoms with Crippen LogP contribution in [0.3, 0.4) is 0 Å². The number of sulfonamides is 1. The van der Waals surface area contributed by atoms with Crippen LogP contribution in [0, 0.1) is 0 Å². The zero-order valence-electron chi connectivity index (χ0n) is 13.9. The number of rotatable bonds is 3. The van der Waals surface area contributed by atoms with Gasteiger partial charge in [-0.1, -0.05) is 12.1 Å². The maximum absolute atomic E-state index is 12.8. The average Bonchev–Trinajstić information content (AvgIpc) is 2.53. The van der Waals surface area contributed by atoms with E-state index in [0.717, 1.165) is 18.4 Å². The van der Waals surface area contributed by atoms with Crippen molar-refractivity contribution in [3.05, 3.63) is 35.4 Å². The second kappa shape index (κ2) is 7.20. The lowest BCUT2D eigenvalue weighted by atomic mass is 10.1. The summed E-state index contributed by atoms with van der Waals surface area (Å²) in [6, 6.07) is 3.75. The summed E-state index contributed by atoms with van der Waals surface area (Å²) in [5.41, 5.74) is -0.425. The number of urea groups is 1. The van der Waals surface area contributed by atoms with Gasteiger partial charge < -0.3 is 10.2 Å². The smallest absolute Gasteiger partial charge is 0.331 e. The highest BCUT2D eigenvalue weighted by molar-refractivity contribution is 7.88. The van der Waals surface area contributed by atoms with Crippen LogP contribution < -0.4 is 5.32 Å². The Balaban J connectivity index is 1.97. The van der Waals surface area contributed by atoms with Crippen molar-refractivity contribution >= 4 is 16.1 Å². The van der Waals surface area contributed by atoms with Crippen molar-refractivity contribution in [1.29, 1.82) is 0 Å². The van der Waals surface area contributed by atoms with Gasteiger partial charge in [-0.3, -0.25) is 0 Å². The number of hydrogen-bond donors (Lipinski definition) is 1. The van der Waals surface area contributed by atoms with Crippen LogP contribution in [-0.4, -0.2) is 56.1 Å². The molecule has 1 fully saturated rings. The summed E-state index contributed by atoms with van der Waals surface area (Å²) in [4.78, 5) is 13.7. The number of hydrogen-bond acceptors (Lipinski definition) is 3. The summed E-state index contributed by atoms with van der Waals surface area (Å²) in [6.45, 7) is 2.46. The largest absolute Gasteiger partial charge is 0.416 e. The Morgan fingerprint density at radius 2 is 1.80 bits per heavy atom. The first kappa shape index (κ1) is 19.5. The van der Waals surface area contributed by atoms with Crippen molar-refractivity contribution in [2.45, 2.75) is 19.1 Å². The van der Waals surface area contributed by atoms with Crippen molar-refractivity contribution in [1.82, 2.24) is 14.5 Å². The minimum atomic E-state index is -4.44. The van der Waals surface area contributed by atoms with E-state index in [-0.39, 0.29) is 26.2 Å². The van der Waals surface area contributed by atoms with Gasteiger partial charge in [-0.15, -0.1) is 0 Å². The average molecular weight is 379 g/mol. The van der Waals surface area contributed by atoms with E-state index < -0.39 is 33.8 Å². The fourth-order valence-corrected chi connectivity index (χ4v) is 3.39. The number of piperazine rings is 1. The number of halogens is 3. The van der Waals surface area contributed by atoms with Crippen molar-refractivity contribution in [3.8, 4) is 0 Å². The van der Waals surface area contributed by atoms with Gasteiger partial charge in [0, 0.05) is 26.2 Å². The number of carbonyl (C=O) groups excluding carboxylic acids is 1. The quantitative estimate of drug-likeness (QED) is 0.874. The summed E-state index contributed by atoms with van der Waals surface area (Å²) in [5, 5.41) is 2.65. The summed E-state index contributed by atoms with van der Waals surface area (Å²) in [6.07, 6.45) is -3.33. The molecule has 1 aromatic carbocycles. The molecule has 0 spiro atoms. The summed E-state index contributed by atoms with van der Waals surface area (Å²) < 4.78 is 62.5. The molecule has 2 amide bonds. The molecule has 2 rings (SSSR count). The molecule has 1 heterocycles. The Hall–Kier alpha value is -1.81. The minimum absolute atomic E-state index is 0.199. The number of amides is 2. The first-order chi connectivity index (χ1) is 11.5. The van der Waals surface area contributed by atoms with E-state index in [1.54, 1.807) is 6.92 Å². The molecule has 0 saturated carbocycles. The molecule has 1 aliphatic heterocycles. The molecule has 6 nitrogen and oxygen atoms in total. The summed E-state index contributed by atoms with van der Waals surface area (Å²) in [7, 11) is -3.29. The highest BCUT2D eigenvalue weighted by Crippen LogP contribution is 2.30. The van der Waals surface area contributed by atoms with Gasteiger partial charge in [-0.25, -0.2) is 13.2 Å². The van der Waals surface area contributed by atoms with Gasteiger partial charge in [-0.2, -0.15) is 17.5 Å². The van der Waals surface area contributed by atoms with Crippen LogP contribution in [-0.2, 0) is 16.2 Å². The molecule has 10 heteroatoms. The van der Waals surface area contributed by atoms with Gasteiger partial charge >= 0.3 is 12.2 Å². The molecule has 0 aliphatic carbocycles.